The van der Waals surface area contributed by atoms with Crippen molar-refractivity contribution in [3.05, 3.63) is 63.1 Å². The van der Waals surface area contributed by atoms with Gasteiger partial charge in [-0.25, -0.2) is 5.43 Å². The van der Waals surface area contributed by atoms with E-state index in [1.807, 2.05) is 12.1 Å². The summed E-state index contributed by atoms with van der Waals surface area (Å²) in [5.74, 6) is 6.81. The fraction of sp³-hybridized carbons (Fsp3) is 0.250. The number of ether oxygens (including phenoxy) is 1. The third-order valence-corrected chi connectivity index (χ3v) is 4.70. The smallest absolute Gasteiger partial charge is 0.127 e. The average Bonchev–Trinajstić information content (AvgIpc) is 2.93. The predicted molar refractivity (Wildman–Crippen MR) is 83.7 cm³/mol. The van der Waals surface area contributed by atoms with Crippen molar-refractivity contribution in [2.24, 2.45) is 5.84 Å². The zero-order chi connectivity index (χ0) is 14.1. The Kier molecular flexibility index (Phi) is 3.78. The van der Waals surface area contributed by atoms with Crippen LogP contribution in [0.25, 0.3) is 0 Å². The maximum Gasteiger partial charge on any atom is 0.127 e. The molecule has 4 heteroatoms. The van der Waals surface area contributed by atoms with Gasteiger partial charge in [0.2, 0.25) is 0 Å². The van der Waals surface area contributed by atoms with Crippen LogP contribution in [-0.4, -0.2) is 6.61 Å². The van der Waals surface area contributed by atoms with E-state index in [1.54, 1.807) is 0 Å². The van der Waals surface area contributed by atoms with E-state index in [4.69, 9.17) is 10.6 Å². The molecule has 0 saturated carbocycles. The van der Waals surface area contributed by atoms with E-state index >= 15 is 0 Å². The van der Waals surface area contributed by atoms with Gasteiger partial charge in [-0.3, -0.25) is 5.84 Å². The zero-order valence-electron chi connectivity index (χ0n) is 11.3. The van der Waals surface area contributed by atoms with Crippen LogP contribution < -0.4 is 16.0 Å². The first-order valence-corrected chi connectivity index (χ1v) is 7.47. The van der Waals surface area contributed by atoms with Crippen molar-refractivity contribution in [3.63, 3.8) is 0 Å². The summed E-state index contributed by atoms with van der Waals surface area (Å²) in [7, 11) is 0. The molecule has 104 valence electrons. The Bertz CT molecular complexity index is 642. The highest BCUT2D eigenvalue weighted by Gasteiger charge is 2.23. The molecular weight excluding hydrogens is 316 g/mol. The van der Waals surface area contributed by atoms with Crippen molar-refractivity contribution in [1.29, 1.82) is 0 Å². The Morgan fingerprint density at radius 3 is 2.75 bits per heavy atom. The summed E-state index contributed by atoms with van der Waals surface area (Å²) in [6.07, 6.45) is 0.970. The molecule has 1 aliphatic rings. The third-order valence-electron chi connectivity index (χ3n) is 3.84. The van der Waals surface area contributed by atoms with Gasteiger partial charge in [0.25, 0.3) is 0 Å². The number of hydrogen-bond donors (Lipinski definition) is 2. The Morgan fingerprint density at radius 2 is 1.95 bits per heavy atom. The molecule has 3 rings (SSSR count). The molecule has 2 aromatic rings. The summed E-state index contributed by atoms with van der Waals surface area (Å²) in [5.41, 5.74) is 7.64. The number of nitrogens with one attached hydrogen (secondary N) is 1. The molecule has 0 spiro atoms. The maximum atomic E-state index is 5.83. The van der Waals surface area contributed by atoms with Gasteiger partial charge in [-0.1, -0.05) is 46.3 Å². The second-order valence-corrected chi connectivity index (χ2v) is 5.84. The van der Waals surface area contributed by atoms with Gasteiger partial charge >= 0.3 is 0 Å². The summed E-state index contributed by atoms with van der Waals surface area (Å²) < 4.78 is 6.88. The Morgan fingerprint density at radius 1 is 1.20 bits per heavy atom. The summed E-state index contributed by atoms with van der Waals surface area (Å²) in [5, 5.41) is 0. The standard InChI is InChI=1S/C16H17BrN2O/c1-10-12(5-3-7-14(10)17)15(19-18)13-6-2-4-11-8-9-20-16(11)13/h2-7,15,19H,8-9,18H2,1H3. The number of hydrazine groups is 1. The van der Waals surface area contributed by atoms with E-state index in [-0.39, 0.29) is 6.04 Å². The molecule has 0 radical (unpaired) electrons. The van der Waals surface area contributed by atoms with E-state index in [9.17, 15) is 0 Å². The minimum atomic E-state index is -0.0689. The lowest BCUT2D eigenvalue weighted by Crippen LogP contribution is -2.29. The number of benzene rings is 2. The molecular formula is C16H17BrN2O. The summed E-state index contributed by atoms with van der Waals surface area (Å²) in [6, 6.07) is 12.4. The number of fused-ring (bicyclic) bond motifs is 1. The lowest BCUT2D eigenvalue weighted by Gasteiger charge is -2.21. The van der Waals surface area contributed by atoms with Gasteiger partial charge in [-0.2, -0.15) is 0 Å². The van der Waals surface area contributed by atoms with Crippen molar-refractivity contribution < 1.29 is 4.74 Å². The summed E-state index contributed by atoms with van der Waals surface area (Å²) >= 11 is 3.58. The van der Waals surface area contributed by atoms with Crippen molar-refractivity contribution in [2.75, 3.05) is 6.61 Å². The van der Waals surface area contributed by atoms with Crippen LogP contribution in [0.5, 0.6) is 5.75 Å². The first-order chi connectivity index (χ1) is 9.72. The molecule has 0 fully saturated rings. The molecule has 0 aromatic heterocycles. The van der Waals surface area contributed by atoms with Gasteiger partial charge in [-0.05, 0) is 29.7 Å². The first kappa shape index (κ1) is 13.6. The second kappa shape index (κ2) is 5.56. The zero-order valence-corrected chi connectivity index (χ0v) is 12.9. The highest BCUT2D eigenvalue weighted by atomic mass is 79.9. The van der Waals surface area contributed by atoms with E-state index < -0.39 is 0 Å². The lowest BCUT2D eigenvalue weighted by molar-refractivity contribution is 0.350. The summed E-state index contributed by atoms with van der Waals surface area (Å²) in [4.78, 5) is 0. The van der Waals surface area contributed by atoms with Gasteiger partial charge in [0.15, 0.2) is 0 Å². The maximum absolute atomic E-state index is 5.83. The SMILES string of the molecule is Cc1c(Br)cccc1C(NN)c1cccc2c1OCC2. The van der Waals surface area contributed by atoms with Crippen LogP contribution in [-0.2, 0) is 6.42 Å². The van der Waals surface area contributed by atoms with Gasteiger partial charge in [0.05, 0.1) is 12.6 Å². The Hall–Kier alpha value is -1.36. The largest absolute Gasteiger partial charge is 0.493 e. The first-order valence-electron chi connectivity index (χ1n) is 6.68. The molecule has 3 nitrogen and oxygen atoms in total. The highest BCUT2D eigenvalue weighted by Crippen LogP contribution is 2.37. The van der Waals surface area contributed by atoms with Crippen LogP contribution in [0.15, 0.2) is 40.9 Å². The van der Waals surface area contributed by atoms with E-state index in [2.05, 4.69) is 52.5 Å². The third kappa shape index (κ3) is 2.24. The Balaban J connectivity index is 2.11. The van der Waals surface area contributed by atoms with Crippen molar-refractivity contribution in [3.8, 4) is 5.75 Å². The van der Waals surface area contributed by atoms with Crippen LogP contribution in [0.1, 0.15) is 28.3 Å². The average molecular weight is 333 g/mol. The molecule has 1 unspecified atom stereocenters. The van der Waals surface area contributed by atoms with E-state index in [1.165, 1.54) is 11.1 Å². The van der Waals surface area contributed by atoms with Crippen LogP contribution in [0.3, 0.4) is 0 Å². The van der Waals surface area contributed by atoms with Crippen molar-refractivity contribution >= 4 is 15.9 Å². The van der Waals surface area contributed by atoms with Gasteiger partial charge in [-0.15, -0.1) is 0 Å². The van der Waals surface area contributed by atoms with E-state index in [0.717, 1.165) is 34.4 Å². The molecule has 0 aliphatic carbocycles. The molecule has 1 atom stereocenters. The lowest BCUT2D eigenvalue weighted by atomic mass is 9.93. The van der Waals surface area contributed by atoms with Crippen molar-refractivity contribution in [2.45, 2.75) is 19.4 Å². The van der Waals surface area contributed by atoms with Crippen LogP contribution in [0.2, 0.25) is 0 Å². The molecule has 20 heavy (non-hydrogen) atoms. The quantitative estimate of drug-likeness (QED) is 0.670. The highest BCUT2D eigenvalue weighted by molar-refractivity contribution is 9.10. The van der Waals surface area contributed by atoms with Crippen LogP contribution in [0, 0.1) is 6.92 Å². The van der Waals surface area contributed by atoms with Crippen LogP contribution >= 0.6 is 15.9 Å². The van der Waals surface area contributed by atoms with Crippen LogP contribution in [0.4, 0.5) is 0 Å². The predicted octanol–water partition coefficient (Wildman–Crippen LogP) is 3.25. The fourth-order valence-electron chi connectivity index (χ4n) is 2.75. The van der Waals surface area contributed by atoms with Gasteiger partial charge in [0.1, 0.15) is 5.75 Å². The summed E-state index contributed by atoms with van der Waals surface area (Å²) in [6.45, 7) is 2.84. The molecule has 3 N–H and O–H groups in total. The number of halogens is 1. The Labute approximate surface area is 127 Å². The second-order valence-electron chi connectivity index (χ2n) is 4.99. The molecule has 1 heterocycles. The molecule has 0 bridgehead atoms. The van der Waals surface area contributed by atoms with E-state index in [0.29, 0.717) is 0 Å². The molecule has 0 amide bonds. The van der Waals surface area contributed by atoms with Crippen molar-refractivity contribution in [1.82, 2.24) is 5.43 Å². The normalized spacial score (nSPS) is 14.8. The number of nitrogens with two attached hydrogens (primary N) is 1. The monoisotopic (exact) mass is 332 g/mol. The minimum absolute atomic E-state index is 0.0689. The molecule has 0 saturated heterocycles. The molecule has 2 aromatic carbocycles. The molecule has 1 aliphatic heterocycles. The topological polar surface area (TPSA) is 47.3 Å². The van der Waals surface area contributed by atoms with Gasteiger partial charge < -0.3 is 4.74 Å². The number of rotatable bonds is 3. The minimum Gasteiger partial charge on any atom is -0.493 e. The fourth-order valence-corrected chi connectivity index (χ4v) is 3.13. The van der Waals surface area contributed by atoms with Gasteiger partial charge in [0, 0.05) is 16.5 Å². The number of hydrogen-bond acceptors (Lipinski definition) is 3. The number of para-hydroxylation sites is 1.